The van der Waals surface area contributed by atoms with Crippen LogP contribution in [0.4, 0.5) is 17.3 Å². The normalized spacial score (nSPS) is 17.6. The first-order chi connectivity index (χ1) is 17.9. The smallest absolute Gasteiger partial charge is 0.270 e. The molecule has 1 saturated carbocycles. The summed E-state index contributed by atoms with van der Waals surface area (Å²) in [6, 6.07) is 10.6. The Morgan fingerprint density at radius 3 is 2.46 bits per heavy atom. The van der Waals surface area contributed by atoms with E-state index in [9.17, 15) is 4.79 Å². The molecule has 0 atom stereocenters. The summed E-state index contributed by atoms with van der Waals surface area (Å²) in [5.74, 6) is 1.46. The second-order valence-corrected chi connectivity index (χ2v) is 11.2. The Morgan fingerprint density at radius 1 is 1.14 bits per heavy atom. The van der Waals surface area contributed by atoms with Crippen molar-refractivity contribution in [2.24, 2.45) is 5.92 Å². The van der Waals surface area contributed by atoms with E-state index in [1.165, 1.54) is 44.2 Å². The van der Waals surface area contributed by atoms with Crippen molar-refractivity contribution in [3.8, 4) is 0 Å². The Bertz CT molecular complexity index is 1210. The number of amides is 1. The number of anilines is 3. The van der Waals surface area contributed by atoms with Gasteiger partial charge in [-0.2, -0.15) is 4.98 Å². The summed E-state index contributed by atoms with van der Waals surface area (Å²) >= 11 is 0. The fraction of sp³-hybridized carbons (Fsp3) is 0.567. The first-order valence-corrected chi connectivity index (χ1v) is 14.2. The van der Waals surface area contributed by atoms with Crippen LogP contribution >= 0.6 is 0 Å². The highest BCUT2D eigenvalue weighted by Crippen LogP contribution is 2.45. The summed E-state index contributed by atoms with van der Waals surface area (Å²) in [5.41, 5.74) is 3.76. The number of hydrogen-bond donors (Lipinski definition) is 1. The zero-order valence-corrected chi connectivity index (χ0v) is 23.0. The highest BCUT2D eigenvalue weighted by molar-refractivity contribution is 5.98. The molecule has 2 aliphatic rings. The molecule has 1 aromatic carbocycles. The minimum absolute atomic E-state index is 0.0113. The van der Waals surface area contributed by atoms with Gasteiger partial charge in [-0.1, -0.05) is 33.1 Å². The van der Waals surface area contributed by atoms with Gasteiger partial charge in [0, 0.05) is 55.7 Å². The Balaban J connectivity index is 1.35. The van der Waals surface area contributed by atoms with Crippen molar-refractivity contribution in [1.82, 2.24) is 19.4 Å². The fourth-order valence-electron chi connectivity index (χ4n) is 6.09. The highest BCUT2D eigenvalue weighted by Gasteiger charge is 2.41. The average molecular weight is 503 g/mol. The molecule has 0 unspecified atom stereocenters. The number of aromatic nitrogens is 3. The van der Waals surface area contributed by atoms with E-state index in [1.54, 1.807) is 19.0 Å². The summed E-state index contributed by atoms with van der Waals surface area (Å²) in [6.45, 7) is 6.78. The Hall–Kier alpha value is -3.09. The van der Waals surface area contributed by atoms with Gasteiger partial charge in [0.2, 0.25) is 5.95 Å². The molecule has 0 spiro atoms. The number of hydrogen-bond acceptors (Lipinski definition) is 5. The van der Waals surface area contributed by atoms with Crippen molar-refractivity contribution in [2.45, 2.75) is 77.2 Å². The van der Waals surface area contributed by atoms with E-state index >= 15 is 0 Å². The van der Waals surface area contributed by atoms with Crippen LogP contribution < -0.4 is 10.2 Å². The van der Waals surface area contributed by atoms with Crippen LogP contribution in [-0.4, -0.2) is 52.5 Å². The van der Waals surface area contributed by atoms with E-state index in [4.69, 9.17) is 4.98 Å². The number of benzene rings is 1. The zero-order chi connectivity index (χ0) is 26.0. The van der Waals surface area contributed by atoms with Crippen LogP contribution in [0.2, 0.25) is 0 Å². The number of nitrogens with one attached hydrogen (secondary N) is 1. The molecule has 7 heteroatoms. The van der Waals surface area contributed by atoms with E-state index < -0.39 is 0 Å². The van der Waals surface area contributed by atoms with Gasteiger partial charge in [0.1, 0.15) is 11.3 Å². The van der Waals surface area contributed by atoms with E-state index in [0.717, 1.165) is 55.0 Å². The lowest BCUT2D eigenvalue weighted by Crippen LogP contribution is -2.42. The van der Waals surface area contributed by atoms with Gasteiger partial charge in [0.05, 0.1) is 0 Å². The number of piperidine rings is 1. The summed E-state index contributed by atoms with van der Waals surface area (Å²) in [6.07, 6.45) is 12.8. The SMILES string of the molecule is CCCCC1CCN(c2ccc(Nc3ncc4cc(C(=O)N(C)C)n(C5(CC)CCC5)c4n3)cc2)CC1. The quantitative estimate of drug-likeness (QED) is 0.358. The summed E-state index contributed by atoms with van der Waals surface area (Å²) in [5, 5.41) is 4.31. The molecule has 1 amide bonds. The number of nitrogens with zero attached hydrogens (tertiary/aromatic N) is 5. The number of fused-ring (bicyclic) bond motifs is 1. The van der Waals surface area contributed by atoms with Crippen LogP contribution in [0.3, 0.4) is 0 Å². The topological polar surface area (TPSA) is 66.3 Å². The average Bonchev–Trinajstić information content (AvgIpc) is 3.26. The molecule has 2 fully saturated rings. The molecular weight excluding hydrogens is 460 g/mol. The molecule has 198 valence electrons. The van der Waals surface area contributed by atoms with Gasteiger partial charge in [0.15, 0.2) is 0 Å². The van der Waals surface area contributed by atoms with E-state index in [-0.39, 0.29) is 11.4 Å². The van der Waals surface area contributed by atoms with Gasteiger partial charge in [-0.25, -0.2) is 4.98 Å². The van der Waals surface area contributed by atoms with Gasteiger partial charge in [-0.3, -0.25) is 4.79 Å². The minimum Gasteiger partial charge on any atom is -0.372 e. The van der Waals surface area contributed by atoms with Crippen LogP contribution in [0.5, 0.6) is 0 Å². The Morgan fingerprint density at radius 2 is 1.86 bits per heavy atom. The van der Waals surface area contributed by atoms with Gasteiger partial charge < -0.3 is 19.7 Å². The summed E-state index contributed by atoms with van der Waals surface area (Å²) < 4.78 is 2.20. The maximum atomic E-state index is 13.1. The van der Waals surface area contributed by atoms with Crippen molar-refractivity contribution in [1.29, 1.82) is 0 Å². The third-order valence-electron chi connectivity index (χ3n) is 8.65. The molecule has 3 aromatic rings. The largest absolute Gasteiger partial charge is 0.372 e. The molecule has 5 rings (SSSR count). The van der Waals surface area contributed by atoms with Crippen LogP contribution in [0.15, 0.2) is 36.5 Å². The molecule has 2 aromatic heterocycles. The lowest BCUT2D eigenvalue weighted by molar-refractivity contribution is 0.0780. The first kappa shape index (κ1) is 25.6. The summed E-state index contributed by atoms with van der Waals surface area (Å²) in [7, 11) is 3.61. The van der Waals surface area contributed by atoms with Crippen molar-refractivity contribution in [3.05, 3.63) is 42.2 Å². The molecular formula is C30H42N6O. The van der Waals surface area contributed by atoms with Crippen molar-refractivity contribution in [2.75, 3.05) is 37.4 Å². The fourth-order valence-corrected chi connectivity index (χ4v) is 6.09. The molecule has 1 aliphatic heterocycles. The molecule has 0 radical (unpaired) electrons. The summed E-state index contributed by atoms with van der Waals surface area (Å²) in [4.78, 5) is 26.8. The van der Waals surface area contributed by atoms with E-state index in [0.29, 0.717) is 11.6 Å². The van der Waals surface area contributed by atoms with E-state index in [2.05, 4.69) is 57.9 Å². The maximum Gasteiger partial charge on any atom is 0.270 e. The zero-order valence-electron chi connectivity index (χ0n) is 23.0. The predicted molar refractivity (Wildman–Crippen MR) is 152 cm³/mol. The Labute approximate surface area is 221 Å². The number of carbonyl (C=O) groups is 1. The molecule has 3 heterocycles. The van der Waals surface area contributed by atoms with Crippen molar-refractivity contribution >= 4 is 34.3 Å². The van der Waals surface area contributed by atoms with Crippen LogP contribution in [0.1, 0.15) is 82.1 Å². The first-order valence-electron chi connectivity index (χ1n) is 14.2. The van der Waals surface area contributed by atoms with Crippen LogP contribution in [0, 0.1) is 5.92 Å². The number of carbonyl (C=O) groups excluding carboxylic acids is 1. The second kappa shape index (κ2) is 10.7. The molecule has 0 bridgehead atoms. The lowest BCUT2D eigenvalue weighted by Gasteiger charge is -2.44. The highest BCUT2D eigenvalue weighted by atomic mass is 16.2. The Kier molecular flexibility index (Phi) is 7.40. The minimum atomic E-state index is -0.0417. The maximum absolute atomic E-state index is 13.1. The predicted octanol–water partition coefficient (Wildman–Crippen LogP) is 6.57. The van der Waals surface area contributed by atoms with Crippen molar-refractivity contribution < 1.29 is 4.79 Å². The molecule has 1 saturated heterocycles. The van der Waals surface area contributed by atoms with Gasteiger partial charge in [-0.05, 0) is 74.8 Å². The van der Waals surface area contributed by atoms with Gasteiger partial charge >= 0.3 is 0 Å². The third-order valence-corrected chi connectivity index (χ3v) is 8.65. The van der Waals surface area contributed by atoms with Gasteiger partial charge in [0.25, 0.3) is 5.91 Å². The lowest BCUT2D eigenvalue weighted by atomic mass is 9.74. The molecule has 1 N–H and O–H groups in total. The monoisotopic (exact) mass is 502 g/mol. The molecule has 7 nitrogen and oxygen atoms in total. The number of rotatable bonds is 9. The van der Waals surface area contributed by atoms with Crippen LogP contribution in [-0.2, 0) is 5.54 Å². The number of unbranched alkanes of at least 4 members (excludes halogenated alkanes) is 1. The van der Waals surface area contributed by atoms with Gasteiger partial charge in [-0.15, -0.1) is 0 Å². The third kappa shape index (κ3) is 5.05. The van der Waals surface area contributed by atoms with Crippen molar-refractivity contribution in [3.63, 3.8) is 0 Å². The molecule has 1 aliphatic carbocycles. The van der Waals surface area contributed by atoms with Crippen LogP contribution in [0.25, 0.3) is 11.0 Å². The van der Waals surface area contributed by atoms with E-state index in [1.807, 2.05) is 12.3 Å². The standard InChI is InChI=1S/C30H42N6O/c1-5-7-9-22-14-18-35(19-15-22)25-12-10-24(11-13-25)32-29-31-21-23-20-26(28(37)34(3)4)36(27(23)33-29)30(6-2)16-8-17-30/h10-13,20-22H,5-9,14-19H2,1-4H3,(H,31,32,33). The second-order valence-electron chi connectivity index (χ2n) is 11.2. The molecule has 37 heavy (non-hydrogen) atoms.